The predicted molar refractivity (Wildman–Crippen MR) is 78.2 cm³/mol. The van der Waals surface area contributed by atoms with Gasteiger partial charge in [-0.15, -0.1) is 11.3 Å². The number of amides is 1. The Morgan fingerprint density at radius 1 is 1.43 bits per heavy atom. The average Bonchev–Trinajstić information content (AvgIpc) is 2.93. The Morgan fingerprint density at radius 3 is 3.00 bits per heavy atom. The third-order valence-corrected chi connectivity index (χ3v) is 4.34. The number of carbonyl (C=O) groups is 1. The van der Waals surface area contributed by atoms with Crippen molar-refractivity contribution < 1.29 is 9.53 Å². The van der Waals surface area contributed by atoms with Gasteiger partial charge in [-0.25, -0.2) is 15.0 Å². The van der Waals surface area contributed by atoms with Gasteiger partial charge in [-0.2, -0.15) is 0 Å². The van der Waals surface area contributed by atoms with Crippen molar-refractivity contribution in [1.29, 1.82) is 0 Å². The highest BCUT2D eigenvalue weighted by Crippen LogP contribution is 2.23. The van der Waals surface area contributed by atoms with E-state index in [1.54, 1.807) is 11.7 Å². The lowest BCUT2D eigenvalue weighted by molar-refractivity contribution is -0.0247. The lowest BCUT2D eigenvalue weighted by atomic mass is 10.2. The molecule has 0 aromatic carbocycles. The van der Waals surface area contributed by atoms with E-state index in [0.717, 1.165) is 11.4 Å². The van der Waals surface area contributed by atoms with Crippen molar-refractivity contribution in [2.45, 2.75) is 20.0 Å². The van der Waals surface area contributed by atoms with E-state index in [1.165, 1.54) is 11.3 Å². The molecule has 21 heavy (non-hydrogen) atoms. The smallest absolute Gasteiger partial charge is 0.266 e. The van der Waals surface area contributed by atoms with Gasteiger partial charge in [0.05, 0.1) is 30.1 Å². The Hall–Kier alpha value is -1.86. The van der Waals surface area contributed by atoms with E-state index in [-0.39, 0.29) is 12.0 Å². The van der Waals surface area contributed by atoms with Gasteiger partial charge in [-0.3, -0.25) is 4.79 Å². The maximum atomic E-state index is 12.5. The van der Waals surface area contributed by atoms with E-state index < -0.39 is 0 Å². The molecule has 3 heterocycles. The van der Waals surface area contributed by atoms with Crippen LogP contribution in [-0.4, -0.2) is 45.5 Å². The molecule has 1 amide bonds. The van der Waals surface area contributed by atoms with Crippen LogP contribution in [0.4, 0.5) is 0 Å². The largest absolute Gasteiger partial charge is 0.368 e. The molecular weight excluding hydrogens is 288 g/mol. The zero-order valence-electron chi connectivity index (χ0n) is 11.9. The molecule has 1 aliphatic rings. The second-order valence-electron chi connectivity index (χ2n) is 4.91. The zero-order chi connectivity index (χ0) is 14.8. The van der Waals surface area contributed by atoms with Crippen molar-refractivity contribution in [3.63, 3.8) is 0 Å². The van der Waals surface area contributed by atoms with E-state index in [1.807, 2.05) is 24.8 Å². The number of thiazole rings is 1. The first-order valence-electron chi connectivity index (χ1n) is 6.75. The molecule has 0 N–H and O–H groups in total. The Labute approximate surface area is 126 Å². The van der Waals surface area contributed by atoms with Gasteiger partial charge >= 0.3 is 0 Å². The zero-order valence-corrected chi connectivity index (χ0v) is 12.8. The number of carbonyl (C=O) groups excluding carboxylic acids is 1. The molecule has 2 aromatic rings. The van der Waals surface area contributed by atoms with Crippen molar-refractivity contribution in [2.75, 3.05) is 19.7 Å². The van der Waals surface area contributed by atoms with Crippen LogP contribution in [-0.2, 0) is 4.74 Å². The molecular formula is C14H16N4O2S. The summed E-state index contributed by atoms with van der Waals surface area (Å²) in [6.45, 7) is 5.31. The Bertz CT molecular complexity index is 658. The van der Waals surface area contributed by atoms with Gasteiger partial charge in [0.1, 0.15) is 16.8 Å². The highest BCUT2D eigenvalue weighted by molar-refractivity contribution is 7.11. The van der Waals surface area contributed by atoms with Gasteiger partial charge in [-0.05, 0) is 19.9 Å². The number of hydrogen-bond acceptors (Lipinski definition) is 6. The van der Waals surface area contributed by atoms with Crippen LogP contribution in [0.25, 0.3) is 0 Å². The summed E-state index contributed by atoms with van der Waals surface area (Å²) < 4.78 is 5.75. The van der Waals surface area contributed by atoms with Crippen molar-refractivity contribution in [1.82, 2.24) is 19.9 Å². The summed E-state index contributed by atoms with van der Waals surface area (Å²) in [5, 5.41) is 0. The van der Waals surface area contributed by atoms with Crippen LogP contribution in [0.3, 0.4) is 0 Å². The summed E-state index contributed by atoms with van der Waals surface area (Å²) in [5.74, 6) is 0.729. The molecule has 3 rings (SSSR count). The topological polar surface area (TPSA) is 68.2 Å². The van der Waals surface area contributed by atoms with Crippen LogP contribution < -0.4 is 0 Å². The van der Waals surface area contributed by atoms with Crippen molar-refractivity contribution in [3.8, 4) is 0 Å². The SMILES string of the molecule is Cc1nccc([C@H]2CN(C(=O)c3scnc3C)CCO2)n1. The fourth-order valence-electron chi connectivity index (χ4n) is 2.32. The average molecular weight is 304 g/mol. The van der Waals surface area contributed by atoms with E-state index in [4.69, 9.17) is 4.74 Å². The molecule has 1 saturated heterocycles. The highest BCUT2D eigenvalue weighted by Gasteiger charge is 2.28. The van der Waals surface area contributed by atoms with Crippen LogP contribution in [0.5, 0.6) is 0 Å². The molecule has 6 nitrogen and oxygen atoms in total. The number of hydrogen-bond donors (Lipinski definition) is 0. The maximum absolute atomic E-state index is 12.5. The molecule has 0 bridgehead atoms. The Balaban J connectivity index is 1.77. The summed E-state index contributed by atoms with van der Waals surface area (Å²) >= 11 is 1.38. The van der Waals surface area contributed by atoms with Crippen LogP contribution in [0, 0.1) is 13.8 Å². The predicted octanol–water partition coefficient (Wildman–Crippen LogP) is 1.76. The number of ether oxygens (including phenoxy) is 1. The van der Waals surface area contributed by atoms with Crippen molar-refractivity contribution >= 4 is 17.2 Å². The fraction of sp³-hybridized carbons (Fsp3) is 0.429. The van der Waals surface area contributed by atoms with Crippen LogP contribution >= 0.6 is 11.3 Å². The molecule has 0 spiro atoms. The number of aryl methyl sites for hydroxylation is 2. The van der Waals surface area contributed by atoms with Crippen LogP contribution in [0.15, 0.2) is 17.8 Å². The number of morpholine rings is 1. The van der Waals surface area contributed by atoms with Crippen molar-refractivity contribution in [2.24, 2.45) is 0 Å². The van der Waals surface area contributed by atoms with Gasteiger partial charge in [0, 0.05) is 12.7 Å². The summed E-state index contributed by atoms with van der Waals surface area (Å²) in [6.07, 6.45) is 1.52. The Morgan fingerprint density at radius 2 is 2.29 bits per heavy atom. The van der Waals surface area contributed by atoms with Gasteiger partial charge < -0.3 is 9.64 Å². The Kier molecular flexibility index (Phi) is 3.94. The van der Waals surface area contributed by atoms with E-state index in [9.17, 15) is 4.79 Å². The quantitative estimate of drug-likeness (QED) is 0.845. The molecule has 0 aliphatic carbocycles. The molecule has 7 heteroatoms. The molecule has 1 aliphatic heterocycles. The highest BCUT2D eigenvalue weighted by atomic mass is 32.1. The third kappa shape index (κ3) is 2.93. The van der Waals surface area contributed by atoms with Gasteiger partial charge in [0.15, 0.2) is 0 Å². The minimum atomic E-state index is -0.197. The van der Waals surface area contributed by atoms with E-state index in [2.05, 4.69) is 15.0 Å². The normalized spacial score (nSPS) is 18.8. The van der Waals surface area contributed by atoms with Gasteiger partial charge in [-0.1, -0.05) is 0 Å². The molecule has 1 atom stereocenters. The monoisotopic (exact) mass is 304 g/mol. The number of rotatable bonds is 2. The van der Waals surface area contributed by atoms with Gasteiger partial charge in [0.2, 0.25) is 0 Å². The first kappa shape index (κ1) is 14.1. The molecule has 1 fully saturated rings. The number of aromatic nitrogens is 3. The molecule has 0 unspecified atom stereocenters. The maximum Gasteiger partial charge on any atom is 0.266 e. The molecule has 2 aromatic heterocycles. The lowest BCUT2D eigenvalue weighted by Crippen LogP contribution is -2.42. The second kappa shape index (κ2) is 5.87. The molecule has 110 valence electrons. The summed E-state index contributed by atoms with van der Waals surface area (Å²) in [7, 11) is 0. The van der Waals surface area contributed by atoms with E-state index in [0.29, 0.717) is 30.4 Å². The summed E-state index contributed by atoms with van der Waals surface area (Å²) in [4.78, 5) is 27.7. The van der Waals surface area contributed by atoms with Crippen LogP contribution in [0.1, 0.15) is 33.0 Å². The fourth-order valence-corrected chi connectivity index (χ4v) is 3.09. The number of nitrogens with zero attached hydrogens (tertiary/aromatic N) is 4. The lowest BCUT2D eigenvalue weighted by Gasteiger charge is -2.32. The minimum absolute atomic E-state index is 0.0223. The first-order valence-corrected chi connectivity index (χ1v) is 7.63. The van der Waals surface area contributed by atoms with Gasteiger partial charge in [0.25, 0.3) is 5.91 Å². The molecule has 0 radical (unpaired) electrons. The third-order valence-electron chi connectivity index (χ3n) is 3.42. The van der Waals surface area contributed by atoms with Crippen LogP contribution in [0.2, 0.25) is 0 Å². The van der Waals surface area contributed by atoms with E-state index >= 15 is 0 Å². The molecule has 0 saturated carbocycles. The first-order chi connectivity index (χ1) is 10.1. The standard InChI is InChI=1S/C14H16N4O2S/c1-9-13(21-8-16-9)14(19)18-5-6-20-12(7-18)11-3-4-15-10(2)17-11/h3-4,8,12H,5-7H2,1-2H3/t12-/m1/s1. The van der Waals surface area contributed by atoms with Crippen molar-refractivity contribution in [3.05, 3.63) is 39.9 Å². The summed E-state index contributed by atoms with van der Waals surface area (Å²) in [5.41, 5.74) is 3.31. The minimum Gasteiger partial charge on any atom is -0.368 e. The second-order valence-corrected chi connectivity index (χ2v) is 5.76. The summed E-state index contributed by atoms with van der Waals surface area (Å²) in [6, 6.07) is 1.84.